The minimum Gasteiger partial charge on any atom is -0.374 e. The van der Waals surface area contributed by atoms with Gasteiger partial charge in [0.25, 0.3) is 5.91 Å². The molecule has 5 heteroatoms. The second-order valence-electron chi connectivity index (χ2n) is 5.38. The highest BCUT2D eigenvalue weighted by molar-refractivity contribution is 5.94. The van der Waals surface area contributed by atoms with Crippen molar-refractivity contribution in [2.75, 3.05) is 19.8 Å². The van der Waals surface area contributed by atoms with Crippen LogP contribution in [-0.2, 0) is 9.47 Å². The van der Waals surface area contributed by atoms with Crippen molar-refractivity contribution in [1.29, 1.82) is 0 Å². The predicted octanol–water partition coefficient (Wildman–Crippen LogP) is 1.66. The van der Waals surface area contributed by atoms with Crippen LogP contribution >= 0.6 is 0 Å². The van der Waals surface area contributed by atoms with Gasteiger partial charge in [0, 0.05) is 18.9 Å². The van der Waals surface area contributed by atoms with E-state index in [1.807, 2.05) is 4.90 Å². The van der Waals surface area contributed by atoms with Crippen LogP contribution in [-0.4, -0.2) is 53.8 Å². The van der Waals surface area contributed by atoms with E-state index in [9.17, 15) is 4.79 Å². The number of carbonyl (C=O) groups excluding carboxylic acids is 1. The first-order valence-corrected chi connectivity index (χ1v) is 7.36. The number of ether oxygens (including phenoxy) is 2. The van der Waals surface area contributed by atoms with Crippen LogP contribution in [0.5, 0.6) is 0 Å². The largest absolute Gasteiger partial charge is 0.374 e. The van der Waals surface area contributed by atoms with E-state index in [4.69, 9.17) is 9.47 Å². The summed E-state index contributed by atoms with van der Waals surface area (Å²) in [4.78, 5) is 18.6. The van der Waals surface area contributed by atoms with Gasteiger partial charge in [-0.15, -0.1) is 6.58 Å². The maximum Gasteiger partial charge on any atom is 0.255 e. The molecule has 2 heterocycles. The molecular weight excluding hydrogens is 268 g/mol. The Morgan fingerprint density at radius 3 is 3.24 bits per heavy atom. The van der Waals surface area contributed by atoms with Crippen LogP contribution in [0, 0.1) is 0 Å². The smallest absolute Gasteiger partial charge is 0.255 e. The zero-order valence-corrected chi connectivity index (χ0v) is 12.0. The highest BCUT2D eigenvalue weighted by atomic mass is 16.5. The van der Waals surface area contributed by atoms with Gasteiger partial charge < -0.3 is 14.4 Å². The first-order chi connectivity index (χ1) is 10.3. The second kappa shape index (κ2) is 6.37. The molecule has 0 spiro atoms. The van der Waals surface area contributed by atoms with Crippen LogP contribution in [0.3, 0.4) is 0 Å². The maximum atomic E-state index is 12.7. The van der Waals surface area contributed by atoms with E-state index in [1.54, 1.807) is 30.6 Å². The molecule has 5 nitrogen and oxygen atoms in total. The van der Waals surface area contributed by atoms with Gasteiger partial charge in [-0.2, -0.15) is 0 Å². The van der Waals surface area contributed by atoms with Gasteiger partial charge in [0.05, 0.1) is 30.9 Å². The van der Waals surface area contributed by atoms with E-state index in [1.165, 1.54) is 0 Å². The maximum absolute atomic E-state index is 12.7. The molecule has 1 aromatic rings. The number of hydrogen-bond acceptors (Lipinski definition) is 4. The lowest BCUT2D eigenvalue weighted by Crippen LogP contribution is -2.46. The van der Waals surface area contributed by atoms with Gasteiger partial charge in [0.15, 0.2) is 0 Å². The third-order valence-corrected chi connectivity index (χ3v) is 4.13. The number of nitrogens with zero attached hydrogens (tertiary/aromatic N) is 2. The molecule has 1 aliphatic heterocycles. The van der Waals surface area contributed by atoms with Crippen LogP contribution < -0.4 is 0 Å². The van der Waals surface area contributed by atoms with Crippen molar-refractivity contribution in [2.45, 2.75) is 31.1 Å². The Hall–Kier alpha value is -1.72. The molecule has 1 aromatic heterocycles. The molecule has 1 aliphatic carbocycles. The summed E-state index contributed by atoms with van der Waals surface area (Å²) >= 11 is 0. The first-order valence-electron chi connectivity index (χ1n) is 7.36. The van der Waals surface area contributed by atoms with Gasteiger partial charge >= 0.3 is 0 Å². The standard InChI is InChI=1S/C16H20N2O3/c1-2-9-21-15-13-5-6-14(15)20-10-8-18(13)16(19)12-4-3-7-17-11-12/h2-4,7,11,13-15H,1,5-6,8-10H2/t13-,14-,15+/m1/s1. The summed E-state index contributed by atoms with van der Waals surface area (Å²) in [5.74, 6) is 0.00598. The molecule has 3 atom stereocenters. The average Bonchev–Trinajstić information content (AvgIpc) is 2.81. The number of rotatable bonds is 4. The number of fused-ring (bicyclic) bond motifs is 2. The van der Waals surface area contributed by atoms with E-state index in [0.29, 0.717) is 25.3 Å². The van der Waals surface area contributed by atoms with Crippen molar-refractivity contribution >= 4 is 5.91 Å². The molecule has 21 heavy (non-hydrogen) atoms. The lowest BCUT2D eigenvalue weighted by Gasteiger charge is -2.31. The quantitative estimate of drug-likeness (QED) is 0.791. The summed E-state index contributed by atoms with van der Waals surface area (Å²) < 4.78 is 11.7. The molecule has 1 amide bonds. The minimum absolute atomic E-state index is 0.00598. The van der Waals surface area contributed by atoms with Crippen LogP contribution in [0.15, 0.2) is 37.2 Å². The van der Waals surface area contributed by atoms with E-state index < -0.39 is 0 Å². The van der Waals surface area contributed by atoms with Crippen molar-refractivity contribution in [3.63, 3.8) is 0 Å². The summed E-state index contributed by atoms with van der Waals surface area (Å²) in [6, 6.07) is 3.66. The van der Waals surface area contributed by atoms with E-state index in [0.717, 1.165) is 12.8 Å². The third-order valence-electron chi connectivity index (χ3n) is 4.13. The van der Waals surface area contributed by atoms with Crippen LogP contribution in [0.25, 0.3) is 0 Å². The average molecular weight is 288 g/mol. The molecule has 0 radical (unpaired) electrons. The lowest BCUT2D eigenvalue weighted by atomic mass is 10.1. The zero-order chi connectivity index (χ0) is 14.7. The number of aromatic nitrogens is 1. The van der Waals surface area contributed by atoms with Crippen molar-refractivity contribution in [2.24, 2.45) is 0 Å². The Morgan fingerprint density at radius 1 is 1.57 bits per heavy atom. The molecule has 2 fully saturated rings. The van der Waals surface area contributed by atoms with Gasteiger partial charge in [0.1, 0.15) is 6.10 Å². The number of hydrogen-bond donors (Lipinski definition) is 0. The van der Waals surface area contributed by atoms with E-state index >= 15 is 0 Å². The van der Waals surface area contributed by atoms with Gasteiger partial charge in [0.2, 0.25) is 0 Å². The Morgan fingerprint density at radius 2 is 2.48 bits per heavy atom. The molecule has 1 saturated heterocycles. The highest BCUT2D eigenvalue weighted by Crippen LogP contribution is 2.32. The van der Waals surface area contributed by atoms with Gasteiger partial charge in [-0.1, -0.05) is 6.08 Å². The third kappa shape index (κ3) is 2.84. The molecule has 0 unspecified atom stereocenters. The topological polar surface area (TPSA) is 51.7 Å². The molecule has 0 N–H and O–H groups in total. The Bertz CT molecular complexity index is 506. The fourth-order valence-electron chi connectivity index (χ4n) is 3.20. The molecule has 3 rings (SSSR count). The Balaban J connectivity index is 1.81. The second-order valence-corrected chi connectivity index (χ2v) is 5.38. The number of pyridine rings is 1. The fourth-order valence-corrected chi connectivity index (χ4v) is 3.20. The van der Waals surface area contributed by atoms with E-state index in [-0.39, 0.29) is 24.2 Å². The van der Waals surface area contributed by atoms with Crippen molar-refractivity contribution in [1.82, 2.24) is 9.88 Å². The Kier molecular flexibility index (Phi) is 4.31. The summed E-state index contributed by atoms with van der Waals surface area (Å²) in [5.41, 5.74) is 0.616. The summed E-state index contributed by atoms with van der Waals surface area (Å²) in [6.45, 7) is 5.32. The van der Waals surface area contributed by atoms with Gasteiger partial charge in [-0.3, -0.25) is 9.78 Å². The molecule has 0 aromatic carbocycles. The van der Waals surface area contributed by atoms with Crippen molar-refractivity contribution in [3.05, 3.63) is 42.7 Å². The number of carbonyl (C=O) groups is 1. The molecule has 2 aliphatic rings. The van der Waals surface area contributed by atoms with Crippen molar-refractivity contribution < 1.29 is 14.3 Å². The summed E-state index contributed by atoms with van der Waals surface area (Å²) in [5, 5.41) is 0. The minimum atomic E-state index is -0.0638. The monoisotopic (exact) mass is 288 g/mol. The lowest BCUT2D eigenvalue weighted by molar-refractivity contribution is -0.0434. The van der Waals surface area contributed by atoms with E-state index in [2.05, 4.69) is 11.6 Å². The number of amides is 1. The molecular formula is C16H20N2O3. The predicted molar refractivity (Wildman–Crippen MR) is 78.0 cm³/mol. The highest BCUT2D eigenvalue weighted by Gasteiger charge is 2.44. The Labute approximate surface area is 124 Å². The van der Waals surface area contributed by atoms with Gasteiger partial charge in [-0.05, 0) is 25.0 Å². The fraction of sp³-hybridized carbons (Fsp3) is 0.500. The van der Waals surface area contributed by atoms with Crippen LogP contribution in [0.1, 0.15) is 23.2 Å². The molecule has 112 valence electrons. The SMILES string of the molecule is C=CCO[C@H]1[C@H]2CC[C@H]1OCCN2C(=O)c1cccnc1. The van der Waals surface area contributed by atoms with Gasteiger partial charge in [-0.25, -0.2) is 0 Å². The van der Waals surface area contributed by atoms with Crippen LogP contribution in [0.4, 0.5) is 0 Å². The van der Waals surface area contributed by atoms with Crippen molar-refractivity contribution in [3.8, 4) is 0 Å². The molecule has 2 bridgehead atoms. The zero-order valence-electron chi connectivity index (χ0n) is 12.0. The normalized spacial score (nSPS) is 28.2. The summed E-state index contributed by atoms with van der Waals surface area (Å²) in [6.07, 6.45) is 6.89. The molecule has 1 saturated carbocycles. The summed E-state index contributed by atoms with van der Waals surface area (Å²) in [7, 11) is 0. The van der Waals surface area contributed by atoms with Crippen LogP contribution in [0.2, 0.25) is 0 Å². The first kappa shape index (κ1) is 14.2.